The van der Waals surface area contributed by atoms with Gasteiger partial charge in [-0.25, -0.2) is 0 Å². The zero-order valence-corrected chi connectivity index (χ0v) is 13.2. The molecule has 1 heterocycles. The Bertz CT molecular complexity index is 754. The number of thioether (sulfide) groups is 1. The first-order chi connectivity index (χ1) is 10.3. The summed E-state index contributed by atoms with van der Waals surface area (Å²) in [6, 6.07) is 18.9. The number of para-hydroxylation sites is 2. The number of rotatable bonds is 4. The van der Waals surface area contributed by atoms with E-state index < -0.39 is 0 Å². The van der Waals surface area contributed by atoms with E-state index in [0.29, 0.717) is 0 Å². The fourth-order valence-electron chi connectivity index (χ4n) is 2.56. The van der Waals surface area contributed by atoms with E-state index in [1.165, 1.54) is 21.5 Å². The fourth-order valence-corrected chi connectivity index (χ4v) is 3.15. The molecule has 0 fully saturated rings. The average molecular weight is 295 g/mol. The van der Waals surface area contributed by atoms with Crippen LogP contribution in [0.25, 0.3) is 10.9 Å². The summed E-state index contributed by atoms with van der Waals surface area (Å²) in [4.78, 5) is 1.26. The minimum Gasteiger partial charge on any atom is -0.354 e. The van der Waals surface area contributed by atoms with E-state index in [9.17, 15) is 0 Å². The number of hydrogen-bond acceptors (Lipinski definition) is 2. The Hall–Kier alpha value is -2.00. The number of aromatic nitrogens is 1. The van der Waals surface area contributed by atoms with Gasteiger partial charge in [-0.2, -0.15) is 4.57 Å². The van der Waals surface area contributed by atoms with Crippen molar-refractivity contribution >= 4 is 34.0 Å². The molecule has 0 bridgehead atoms. The summed E-state index contributed by atoms with van der Waals surface area (Å²) in [5, 5.41) is 4.84. The SMILES string of the molecule is CC[n+]1cc(SC)c(Nc2ccccc2)c2ccccc21. The Kier molecular flexibility index (Phi) is 4.11. The summed E-state index contributed by atoms with van der Waals surface area (Å²) in [7, 11) is 0. The third-order valence-corrected chi connectivity index (χ3v) is 4.36. The maximum Gasteiger partial charge on any atom is 0.214 e. The Labute approximate surface area is 129 Å². The second-order valence-corrected chi connectivity index (χ2v) is 5.71. The predicted molar refractivity (Wildman–Crippen MR) is 91.3 cm³/mol. The Morgan fingerprint density at radius 3 is 2.43 bits per heavy atom. The van der Waals surface area contributed by atoms with E-state index in [2.05, 4.69) is 77.8 Å². The van der Waals surface area contributed by atoms with Crippen LogP contribution in [-0.2, 0) is 6.54 Å². The molecule has 0 spiro atoms. The van der Waals surface area contributed by atoms with Crippen molar-refractivity contribution in [1.82, 2.24) is 0 Å². The number of nitrogens with one attached hydrogen (secondary N) is 1. The molecule has 0 amide bonds. The highest BCUT2D eigenvalue weighted by atomic mass is 32.2. The standard InChI is InChI=1S/C18H18N2S/c1-3-20-13-17(21-2)18(15-11-7-8-12-16(15)20)19-14-9-5-4-6-10-14/h4-13H,3H2,1-2H3/p+1. The van der Waals surface area contributed by atoms with E-state index in [0.717, 1.165) is 12.2 Å². The van der Waals surface area contributed by atoms with Crippen LogP contribution in [0.5, 0.6) is 0 Å². The summed E-state index contributed by atoms with van der Waals surface area (Å²) in [6.07, 6.45) is 4.36. The number of nitrogens with zero attached hydrogens (tertiary/aromatic N) is 1. The van der Waals surface area contributed by atoms with Gasteiger partial charge in [-0.05, 0) is 31.4 Å². The lowest BCUT2D eigenvalue weighted by molar-refractivity contribution is -0.669. The first kappa shape index (κ1) is 14.0. The van der Waals surface area contributed by atoms with Crippen molar-refractivity contribution in [2.75, 3.05) is 11.6 Å². The lowest BCUT2D eigenvalue weighted by atomic mass is 10.1. The van der Waals surface area contributed by atoms with Crippen molar-refractivity contribution in [3.63, 3.8) is 0 Å². The quantitative estimate of drug-likeness (QED) is 0.558. The minimum absolute atomic E-state index is 0.972. The number of aryl methyl sites for hydroxylation is 1. The molecular weight excluding hydrogens is 276 g/mol. The fraction of sp³-hybridized carbons (Fsp3) is 0.167. The molecule has 0 radical (unpaired) electrons. The molecule has 3 heteroatoms. The van der Waals surface area contributed by atoms with Crippen LogP contribution in [0, 0.1) is 0 Å². The Morgan fingerprint density at radius 2 is 1.71 bits per heavy atom. The molecule has 1 N–H and O–H groups in total. The van der Waals surface area contributed by atoms with Crippen molar-refractivity contribution in [1.29, 1.82) is 0 Å². The molecule has 2 aromatic carbocycles. The molecule has 0 aliphatic heterocycles. The van der Waals surface area contributed by atoms with Gasteiger partial charge >= 0.3 is 0 Å². The van der Waals surface area contributed by atoms with Crippen molar-refractivity contribution in [2.24, 2.45) is 0 Å². The molecular formula is C18H19N2S+. The van der Waals surface area contributed by atoms with Gasteiger partial charge in [0.05, 0.1) is 16.0 Å². The molecule has 106 valence electrons. The highest BCUT2D eigenvalue weighted by Gasteiger charge is 2.16. The lowest BCUT2D eigenvalue weighted by Gasteiger charge is -2.13. The molecule has 2 nitrogen and oxygen atoms in total. The second-order valence-electron chi connectivity index (χ2n) is 4.87. The number of pyridine rings is 1. The van der Waals surface area contributed by atoms with Gasteiger partial charge in [-0.15, -0.1) is 11.8 Å². The van der Waals surface area contributed by atoms with E-state index >= 15 is 0 Å². The number of benzene rings is 2. The largest absolute Gasteiger partial charge is 0.354 e. The van der Waals surface area contributed by atoms with Gasteiger partial charge < -0.3 is 5.32 Å². The van der Waals surface area contributed by atoms with Gasteiger partial charge in [0, 0.05) is 11.8 Å². The van der Waals surface area contributed by atoms with Crippen molar-refractivity contribution in [3.8, 4) is 0 Å². The summed E-state index contributed by atoms with van der Waals surface area (Å²) in [6.45, 7) is 3.15. The van der Waals surface area contributed by atoms with Crippen LogP contribution >= 0.6 is 11.8 Å². The van der Waals surface area contributed by atoms with Crippen LogP contribution in [0.1, 0.15) is 6.92 Å². The van der Waals surface area contributed by atoms with Crippen LogP contribution in [0.2, 0.25) is 0 Å². The first-order valence-electron chi connectivity index (χ1n) is 7.14. The molecule has 0 aliphatic carbocycles. The zero-order chi connectivity index (χ0) is 14.7. The van der Waals surface area contributed by atoms with Crippen molar-refractivity contribution in [3.05, 3.63) is 60.8 Å². The van der Waals surface area contributed by atoms with Gasteiger partial charge in [0.1, 0.15) is 6.54 Å². The third-order valence-electron chi connectivity index (χ3n) is 3.61. The maximum atomic E-state index is 3.58. The average Bonchev–Trinajstić information content (AvgIpc) is 2.56. The van der Waals surface area contributed by atoms with Crippen molar-refractivity contribution < 1.29 is 4.57 Å². The van der Waals surface area contributed by atoms with E-state index in [4.69, 9.17) is 0 Å². The highest BCUT2D eigenvalue weighted by Crippen LogP contribution is 2.33. The first-order valence-corrected chi connectivity index (χ1v) is 8.37. The van der Waals surface area contributed by atoms with Crippen LogP contribution in [-0.4, -0.2) is 6.26 Å². The lowest BCUT2D eigenvalue weighted by Crippen LogP contribution is -2.33. The maximum absolute atomic E-state index is 3.58. The van der Waals surface area contributed by atoms with Gasteiger partial charge in [0.15, 0.2) is 6.20 Å². The molecule has 3 aromatic rings. The normalized spacial score (nSPS) is 10.8. The van der Waals surface area contributed by atoms with Gasteiger partial charge in [-0.1, -0.05) is 30.3 Å². The molecule has 0 aliphatic rings. The number of fused-ring (bicyclic) bond motifs is 1. The zero-order valence-electron chi connectivity index (χ0n) is 12.3. The molecule has 0 saturated heterocycles. The monoisotopic (exact) mass is 295 g/mol. The van der Waals surface area contributed by atoms with Gasteiger partial charge in [-0.3, -0.25) is 0 Å². The molecule has 21 heavy (non-hydrogen) atoms. The van der Waals surface area contributed by atoms with Gasteiger partial charge in [0.2, 0.25) is 5.52 Å². The molecule has 0 unspecified atom stereocenters. The summed E-state index contributed by atoms with van der Waals surface area (Å²) in [5.74, 6) is 0. The molecule has 0 atom stereocenters. The molecule has 3 rings (SSSR count). The van der Waals surface area contributed by atoms with Crippen LogP contribution in [0.4, 0.5) is 11.4 Å². The molecule has 0 saturated carbocycles. The smallest absolute Gasteiger partial charge is 0.214 e. The van der Waals surface area contributed by atoms with Crippen molar-refractivity contribution in [2.45, 2.75) is 18.4 Å². The third kappa shape index (κ3) is 2.74. The van der Waals surface area contributed by atoms with Crippen LogP contribution in [0.3, 0.4) is 0 Å². The number of anilines is 2. The van der Waals surface area contributed by atoms with E-state index in [1.54, 1.807) is 11.8 Å². The summed E-state index contributed by atoms with van der Waals surface area (Å²) >= 11 is 1.78. The molecule has 1 aromatic heterocycles. The van der Waals surface area contributed by atoms with E-state index in [-0.39, 0.29) is 0 Å². The predicted octanol–water partition coefficient (Wildman–Crippen LogP) is 4.61. The highest BCUT2D eigenvalue weighted by molar-refractivity contribution is 7.98. The van der Waals surface area contributed by atoms with Crippen LogP contribution < -0.4 is 9.88 Å². The second kappa shape index (κ2) is 6.19. The Morgan fingerprint density at radius 1 is 1.00 bits per heavy atom. The summed E-state index contributed by atoms with van der Waals surface area (Å²) in [5.41, 5.74) is 3.57. The minimum atomic E-state index is 0.972. The van der Waals surface area contributed by atoms with Crippen LogP contribution in [0.15, 0.2) is 65.7 Å². The number of hydrogen-bond donors (Lipinski definition) is 1. The Balaban J connectivity index is 2.20. The topological polar surface area (TPSA) is 15.9 Å². The van der Waals surface area contributed by atoms with Gasteiger partial charge in [0.25, 0.3) is 0 Å². The van der Waals surface area contributed by atoms with E-state index in [1.807, 2.05) is 6.07 Å². The summed E-state index contributed by atoms with van der Waals surface area (Å²) < 4.78 is 2.30.